The highest BCUT2D eigenvalue weighted by molar-refractivity contribution is 9.10. The van der Waals surface area contributed by atoms with Crippen LogP contribution in [-0.4, -0.2) is 16.4 Å². The maximum atomic E-state index is 12.3. The van der Waals surface area contributed by atoms with E-state index in [0.717, 1.165) is 5.56 Å². The first-order chi connectivity index (χ1) is 10.3. The molecule has 1 N–H and O–H groups in total. The number of nitriles is 1. The van der Waals surface area contributed by atoms with Gasteiger partial charge in [-0.15, -0.1) is 0 Å². The quantitative estimate of drug-likeness (QED) is 0.814. The molecule has 2 rings (SSSR count). The summed E-state index contributed by atoms with van der Waals surface area (Å²) in [5.41, 5.74) is 0.980. The number of benzene rings is 1. The Morgan fingerprint density at radius 3 is 2.55 bits per heavy atom. The molecule has 112 valence electrons. The van der Waals surface area contributed by atoms with Crippen LogP contribution in [0, 0.1) is 11.3 Å². The summed E-state index contributed by atoms with van der Waals surface area (Å²) >= 11 is 9.18. The molecule has 1 amide bonds. The van der Waals surface area contributed by atoms with Crippen LogP contribution in [0.4, 0.5) is 0 Å². The molecule has 0 aliphatic carbocycles. The average molecular weight is 379 g/mol. The van der Waals surface area contributed by atoms with E-state index in [-0.39, 0.29) is 5.91 Å². The normalized spacial score (nSPS) is 10.9. The molecule has 1 aromatic carbocycles. The molecule has 0 aliphatic heterocycles. The Balaban J connectivity index is 2.37. The summed E-state index contributed by atoms with van der Waals surface area (Å²) in [4.78, 5) is 16.6. The zero-order valence-electron chi connectivity index (χ0n) is 12.0. The number of hydrogen-bond donors (Lipinski definition) is 1. The summed E-state index contributed by atoms with van der Waals surface area (Å²) in [6.07, 6.45) is 0. The van der Waals surface area contributed by atoms with E-state index in [2.05, 4.69) is 26.2 Å². The third-order valence-electron chi connectivity index (χ3n) is 2.90. The number of carbonyl (C=O) groups excluding carboxylic acids is 1. The Labute approximate surface area is 142 Å². The highest BCUT2D eigenvalue weighted by Gasteiger charge is 2.21. The number of aromatic nitrogens is 1. The van der Waals surface area contributed by atoms with Crippen molar-refractivity contribution in [3.63, 3.8) is 0 Å². The van der Waals surface area contributed by atoms with E-state index in [1.165, 1.54) is 0 Å². The lowest BCUT2D eigenvalue weighted by Gasteiger charge is -2.17. The number of carbonyl (C=O) groups is 1. The molecule has 2 aromatic rings. The zero-order chi connectivity index (χ0) is 16.3. The average Bonchev–Trinajstić information content (AvgIpc) is 2.47. The molecule has 6 heteroatoms. The van der Waals surface area contributed by atoms with Gasteiger partial charge in [0.25, 0.3) is 5.91 Å². The molecule has 4 nitrogen and oxygen atoms in total. The first-order valence-corrected chi connectivity index (χ1v) is 7.65. The van der Waals surface area contributed by atoms with Gasteiger partial charge in [-0.1, -0.05) is 23.7 Å². The fraction of sp³-hybridized carbons (Fsp3) is 0.188. The number of rotatable bonds is 3. The van der Waals surface area contributed by atoms with Gasteiger partial charge in [-0.25, -0.2) is 4.98 Å². The molecule has 1 heterocycles. The summed E-state index contributed by atoms with van der Waals surface area (Å²) in [5, 5.41) is 12.3. The molecular formula is C16H13BrClN3O. The van der Waals surface area contributed by atoms with Gasteiger partial charge < -0.3 is 5.32 Å². The lowest BCUT2D eigenvalue weighted by Crippen LogP contribution is -2.42. The van der Waals surface area contributed by atoms with Crippen molar-refractivity contribution in [3.05, 3.63) is 51.6 Å². The van der Waals surface area contributed by atoms with Gasteiger partial charge in [0.2, 0.25) is 0 Å². The molecule has 0 radical (unpaired) electrons. The van der Waals surface area contributed by atoms with Gasteiger partial charge in [-0.2, -0.15) is 5.26 Å². The Bertz CT molecular complexity index is 751. The minimum Gasteiger partial charge on any atom is -0.334 e. The smallest absolute Gasteiger partial charge is 0.252 e. The highest BCUT2D eigenvalue weighted by atomic mass is 79.9. The third-order valence-corrected chi connectivity index (χ3v) is 3.56. The van der Waals surface area contributed by atoms with E-state index in [0.29, 0.717) is 20.9 Å². The third kappa shape index (κ3) is 4.06. The van der Waals surface area contributed by atoms with Gasteiger partial charge in [0.15, 0.2) is 0 Å². The van der Waals surface area contributed by atoms with E-state index < -0.39 is 5.54 Å². The van der Waals surface area contributed by atoms with Gasteiger partial charge in [0.1, 0.15) is 10.1 Å². The molecule has 0 saturated carbocycles. The van der Waals surface area contributed by atoms with Crippen molar-refractivity contribution < 1.29 is 4.79 Å². The lowest BCUT2D eigenvalue weighted by atomic mass is 10.1. The van der Waals surface area contributed by atoms with Gasteiger partial charge in [0.05, 0.1) is 11.8 Å². The predicted molar refractivity (Wildman–Crippen MR) is 89.5 cm³/mol. The summed E-state index contributed by atoms with van der Waals surface area (Å²) in [5.74, 6) is -0.329. The van der Waals surface area contributed by atoms with Crippen molar-refractivity contribution >= 4 is 33.4 Å². The van der Waals surface area contributed by atoms with E-state index in [9.17, 15) is 4.79 Å². The first-order valence-electron chi connectivity index (χ1n) is 6.48. The number of pyridine rings is 1. The summed E-state index contributed by atoms with van der Waals surface area (Å²) in [6, 6.07) is 12.5. The molecule has 0 fully saturated rings. The van der Waals surface area contributed by atoms with Crippen LogP contribution in [0.1, 0.15) is 24.2 Å². The van der Waals surface area contributed by atoms with Crippen LogP contribution < -0.4 is 5.32 Å². The number of hydrogen-bond acceptors (Lipinski definition) is 3. The monoisotopic (exact) mass is 377 g/mol. The minimum absolute atomic E-state index is 0.329. The van der Waals surface area contributed by atoms with Crippen LogP contribution >= 0.6 is 27.5 Å². The van der Waals surface area contributed by atoms with Crippen LogP contribution in [0.15, 0.2) is 41.0 Å². The van der Waals surface area contributed by atoms with Crippen molar-refractivity contribution in [3.8, 4) is 17.3 Å². The highest BCUT2D eigenvalue weighted by Crippen LogP contribution is 2.23. The largest absolute Gasteiger partial charge is 0.334 e. The fourth-order valence-electron chi connectivity index (χ4n) is 1.78. The van der Waals surface area contributed by atoms with Gasteiger partial charge in [-0.3, -0.25) is 4.79 Å². The van der Waals surface area contributed by atoms with Gasteiger partial charge >= 0.3 is 0 Å². The molecule has 1 aromatic heterocycles. The number of halogens is 2. The molecule has 0 atom stereocenters. The van der Waals surface area contributed by atoms with Crippen molar-refractivity contribution in [2.24, 2.45) is 0 Å². The van der Waals surface area contributed by atoms with Crippen LogP contribution in [0.3, 0.4) is 0 Å². The van der Waals surface area contributed by atoms with Crippen LogP contribution in [0.2, 0.25) is 5.02 Å². The van der Waals surface area contributed by atoms with E-state index >= 15 is 0 Å². The van der Waals surface area contributed by atoms with Crippen molar-refractivity contribution in [2.75, 3.05) is 0 Å². The maximum Gasteiger partial charge on any atom is 0.252 e. The molecule has 0 saturated heterocycles. The Hall–Kier alpha value is -1.90. The van der Waals surface area contributed by atoms with E-state index in [4.69, 9.17) is 16.9 Å². The fourth-order valence-corrected chi connectivity index (χ4v) is 2.34. The second-order valence-electron chi connectivity index (χ2n) is 5.26. The summed E-state index contributed by atoms with van der Waals surface area (Å²) in [6.45, 7) is 3.28. The van der Waals surface area contributed by atoms with Gasteiger partial charge in [-0.05, 0) is 54.0 Å². The second kappa shape index (κ2) is 6.47. The number of amides is 1. The topological polar surface area (TPSA) is 65.8 Å². The number of nitrogens with zero attached hydrogens (tertiary/aromatic N) is 2. The molecule has 0 unspecified atom stereocenters. The zero-order valence-corrected chi connectivity index (χ0v) is 14.4. The minimum atomic E-state index is -0.937. The van der Waals surface area contributed by atoms with E-state index in [1.54, 1.807) is 38.1 Å². The Morgan fingerprint density at radius 2 is 1.95 bits per heavy atom. The lowest BCUT2D eigenvalue weighted by molar-refractivity contribution is 0.0929. The van der Waals surface area contributed by atoms with Crippen molar-refractivity contribution in [2.45, 2.75) is 19.4 Å². The number of nitrogens with one attached hydrogen (secondary N) is 1. The van der Waals surface area contributed by atoms with Crippen molar-refractivity contribution in [1.29, 1.82) is 5.26 Å². The van der Waals surface area contributed by atoms with Crippen LogP contribution in [0.25, 0.3) is 11.3 Å². The summed E-state index contributed by atoms with van der Waals surface area (Å²) < 4.78 is 0.542. The molecule has 0 bridgehead atoms. The molecule has 0 spiro atoms. The standard InChI is InChI=1S/C16H13BrClN3O/c1-16(2,9-19)21-15(22)11-7-13(20-14(17)8-11)10-3-5-12(18)6-4-10/h3-8H,1-2H3,(H,21,22). The second-order valence-corrected chi connectivity index (χ2v) is 6.51. The SMILES string of the molecule is CC(C)(C#N)NC(=O)c1cc(Br)nc(-c2ccc(Cl)cc2)c1. The molecule has 22 heavy (non-hydrogen) atoms. The van der Waals surface area contributed by atoms with Crippen molar-refractivity contribution in [1.82, 2.24) is 10.3 Å². The van der Waals surface area contributed by atoms with Gasteiger partial charge in [0, 0.05) is 16.1 Å². The summed E-state index contributed by atoms with van der Waals surface area (Å²) in [7, 11) is 0. The molecule has 0 aliphatic rings. The van der Waals surface area contributed by atoms with Crippen LogP contribution in [-0.2, 0) is 0 Å². The molecular weight excluding hydrogens is 366 g/mol. The Kier molecular flexibility index (Phi) is 4.84. The maximum absolute atomic E-state index is 12.3. The van der Waals surface area contributed by atoms with E-state index in [1.807, 2.05) is 18.2 Å². The predicted octanol–water partition coefficient (Wildman–Crippen LogP) is 4.20. The first kappa shape index (κ1) is 16.5. The van der Waals surface area contributed by atoms with Crippen LogP contribution in [0.5, 0.6) is 0 Å². The Morgan fingerprint density at radius 1 is 1.32 bits per heavy atom.